The average molecular weight is 427 g/mol. The number of nitrogens with zero attached hydrogens (tertiary/aromatic N) is 1. The second kappa shape index (κ2) is 8.90. The Morgan fingerprint density at radius 1 is 1.38 bits per heavy atom. The fraction of sp³-hybridized carbons (Fsp3) is 0.412. The van der Waals surface area contributed by atoms with Crippen molar-refractivity contribution in [1.29, 1.82) is 0 Å². The Kier molecular flexibility index (Phi) is 6.80. The van der Waals surface area contributed by atoms with Crippen molar-refractivity contribution in [3.8, 4) is 0 Å². The highest BCUT2D eigenvalue weighted by Crippen LogP contribution is 2.24. The number of nitrogens with two attached hydrogens (primary N) is 1. The normalized spacial score (nSPS) is 16.1. The number of cyclic esters (lactones) is 1. The lowest BCUT2D eigenvalue weighted by Crippen LogP contribution is -2.44. The van der Waals surface area contributed by atoms with Gasteiger partial charge in [-0.1, -0.05) is 0 Å². The lowest BCUT2D eigenvalue weighted by atomic mass is 10.1. The first-order chi connectivity index (χ1) is 13.5. The smallest absolute Gasteiger partial charge is 0.414 e. The van der Waals surface area contributed by atoms with Crippen LogP contribution in [-0.4, -0.2) is 48.0 Å². The lowest BCUT2D eigenvalue weighted by Gasteiger charge is -2.20. The SMILES string of the molecule is CC(C)(C)OC(=O)NC[C@H]1CN(c2ccc(C(=O)NNC(N)=S)c(F)c2)C(=O)O1. The molecule has 5 N–H and O–H groups in total. The lowest BCUT2D eigenvalue weighted by molar-refractivity contribution is 0.0496. The standard InChI is InChI=1S/C17H22FN5O5S/c1-17(2,3)28-15(25)20-7-10-8-23(16(26)27-10)9-4-5-11(12(18)6-9)13(24)21-22-14(19)29/h4-6,10H,7-8H2,1-3H3,(H,20,25)(H,21,24)(H3,19,22,29)/t10-/m0/s1. The molecule has 1 aliphatic rings. The number of nitrogens with one attached hydrogen (secondary N) is 3. The van der Waals surface area contributed by atoms with E-state index in [0.717, 1.165) is 6.07 Å². The number of amides is 3. The van der Waals surface area contributed by atoms with Crippen LogP contribution in [0.3, 0.4) is 0 Å². The molecule has 0 saturated carbocycles. The van der Waals surface area contributed by atoms with Crippen molar-refractivity contribution in [2.75, 3.05) is 18.0 Å². The maximum atomic E-state index is 14.3. The van der Waals surface area contributed by atoms with E-state index in [-0.39, 0.29) is 29.5 Å². The van der Waals surface area contributed by atoms with E-state index < -0.39 is 35.6 Å². The first-order valence-electron chi connectivity index (χ1n) is 8.56. The molecule has 1 aromatic rings. The van der Waals surface area contributed by atoms with Gasteiger partial charge in [0.05, 0.1) is 24.3 Å². The number of carbonyl (C=O) groups excluding carboxylic acids is 3. The largest absolute Gasteiger partial charge is 0.444 e. The highest BCUT2D eigenvalue weighted by Gasteiger charge is 2.33. The predicted octanol–water partition coefficient (Wildman–Crippen LogP) is 1.15. The van der Waals surface area contributed by atoms with E-state index in [9.17, 15) is 18.8 Å². The number of ether oxygens (including phenoxy) is 2. The summed E-state index contributed by atoms with van der Waals surface area (Å²) in [6, 6.07) is 3.63. The Bertz CT molecular complexity index is 829. The van der Waals surface area contributed by atoms with Crippen molar-refractivity contribution >= 4 is 41.1 Å². The molecule has 0 unspecified atom stereocenters. The summed E-state index contributed by atoms with van der Waals surface area (Å²) in [5, 5.41) is 2.33. The van der Waals surface area contributed by atoms with Crippen LogP contribution in [0.25, 0.3) is 0 Å². The van der Waals surface area contributed by atoms with Gasteiger partial charge in [-0.05, 0) is 51.2 Å². The highest BCUT2D eigenvalue weighted by molar-refractivity contribution is 7.80. The molecular weight excluding hydrogens is 405 g/mol. The van der Waals surface area contributed by atoms with E-state index in [2.05, 4.69) is 28.4 Å². The molecule has 12 heteroatoms. The quantitative estimate of drug-likeness (QED) is 0.415. The van der Waals surface area contributed by atoms with Gasteiger partial charge in [0.1, 0.15) is 17.5 Å². The monoisotopic (exact) mass is 427 g/mol. The number of halogens is 1. The van der Waals surface area contributed by atoms with Crippen LogP contribution in [0, 0.1) is 5.82 Å². The van der Waals surface area contributed by atoms with Crippen LogP contribution in [0.1, 0.15) is 31.1 Å². The van der Waals surface area contributed by atoms with E-state index in [4.69, 9.17) is 15.2 Å². The minimum atomic E-state index is -0.854. The zero-order valence-corrected chi connectivity index (χ0v) is 16.9. The predicted molar refractivity (Wildman–Crippen MR) is 106 cm³/mol. The second-order valence-corrected chi connectivity index (χ2v) is 7.55. The number of hydrogen-bond donors (Lipinski definition) is 4. The van der Waals surface area contributed by atoms with Crippen LogP contribution in [0.4, 0.5) is 19.7 Å². The molecule has 0 spiro atoms. The summed E-state index contributed by atoms with van der Waals surface area (Å²) in [6.45, 7) is 5.29. The molecule has 0 aliphatic carbocycles. The first kappa shape index (κ1) is 22.1. The molecule has 0 radical (unpaired) electrons. The van der Waals surface area contributed by atoms with E-state index >= 15 is 0 Å². The Hall–Kier alpha value is -3.15. The number of hydrogen-bond acceptors (Lipinski definition) is 6. The molecule has 2 rings (SSSR count). The van der Waals surface area contributed by atoms with Crippen molar-refractivity contribution in [1.82, 2.24) is 16.2 Å². The van der Waals surface area contributed by atoms with Crippen LogP contribution < -0.4 is 26.8 Å². The van der Waals surface area contributed by atoms with Crippen LogP contribution in [0.15, 0.2) is 18.2 Å². The zero-order chi connectivity index (χ0) is 21.8. The van der Waals surface area contributed by atoms with Crippen molar-refractivity contribution in [3.63, 3.8) is 0 Å². The zero-order valence-electron chi connectivity index (χ0n) is 16.1. The van der Waals surface area contributed by atoms with Crippen molar-refractivity contribution in [3.05, 3.63) is 29.6 Å². The van der Waals surface area contributed by atoms with Gasteiger partial charge in [0.2, 0.25) is 0 Å². The van der Waals surface area contributed by atoms with Crippen molar-refractivity contribution < 1.29 is 28.2 Å². The molecule has 1 atom stereocenters. The van der Waals surface area contributed by atoms with E-state index in [1.165, 1.54) is 17.0 Å². The van der Waals surface area contributed by atoms with Crippen LogP contribution >= 0.6 is 12.2 Å². The Morgan fingerprint density at radius 2 is 2.07 bits per heavy atom. The Labute approximate surface area is 171 Å². The molecule has 1 aliphatic heterocycles. The minimum Gasteiger partial charge on any atom is -0.444 e. The number of thiocarbonyl (C=S) groups is 1. The molecule has 0 aromatic heterocycles. The summed E-state index contributed by atoms with van der Waals surface area (Å²) in [5.74, 6) is -1.64. The van der Waals surface area contributed by atoms with Crippen molar-refractivity contribution in [2.24, 2.45) is 5.73 Å². The number of carbonyl (C=O) groups is 3. The van der Waals surface area contributed by atoms with Crippen molar-refractivity contribution in [2.45, 2.75) is 32.5 Å². The highest BCUT2D eigenvalue weighted by atomic mass is 32.1. The third-order valence-corrected chi connectivity index (χ3v) is 3.66. The van der Waals surface area contributed by atoms with Crippen LogP contribution in [0.2, 0.25) is 0 Å². The number of hydrazine groups is 1. The van der Waals surface area contributed by atoms with Gasteiger partial charge in [-0.3, -0.25) is 20.5 Å². The molecule has 0 bridgehead atoms. The number of benzene rings is 1. The molecule has 1 heterocycles. The number of anilines is 1. The van der Waals surface area contributed by atoms with Gasteiger partial charge < -0.3 is 20.5 Å². The maximum absolute atomic E-state index is 14.3. The summed E-state index contributed by atoms with van der Waals surface area (Å²) < 4.78 is 24.6. The van der Waals surface area contributed by atoms with Gasteiger partial charge in [-0.25, -0.2) is 14.0 Å². The second-order valence-electron chi connectivity index (χ2n) is 7.11. The van der Waals surface area contributed by atoms with Gasteiger partial charge >= 0.3 is 12.2 Å². The summed E-state index contributed by atoms with van der Waals surface area (Å²) in [4.78, 5) is 36.9. The fourth-order valence-corrected chi connectivity index (χ4v) is 2.44. The molecular formula is C17H22FN5O5S. The van der Waals surface area contributed by atoms with Gasteiger partial charge in [0.25, 0.3) is 5.91 Å². The summed E-state index contributed by atoms with van der Waals surface area (Å²) >= 11 is 4.54. The fourth-order valence-electron chi connectivity index (χ4n) is 2.39. The summed E-state index contributed by atoms with van der Waals surface area (Å²) in [7, 11) is 0. The molecule has 1 saturated heterocycles. The number of rotatable bonds is 4. The summed E-state index contributed by atoms with van der Waals surface area (Å²) in [6.07, 6.45) is -1.98. The minimum absolute atomic E-state index is 0.0325. The Morgan fingerprint density at radius 3 is 2.66 bits per heavy atom. The average Bonchev–Trinajstić information content (AvgIpc) is 2.97. The van der Waals surface area contributed by atoms with E-state index in [1.54, 1.807) is 20.8 Å². The molecule has 158 valence electrons. The summed E-state index contributed by atoms with van der Waals surface area (Å²) in [5.41, 5.74) is 8.80. The van der Waals surface area contributed by atoms with Gasteiger partial charge in [0, 0.05) is 0 Å². The van der Waals surface area contributed by atoms with E-state index in [1.807, 2.05) is 0 Å². The molecule has 3 amide bonds. The first-order valence-corrected chi connectivity index (χ1v) is 8.97. The number of alkyl carbamates (subject to hydrolysis) is 1. The van der Waals surface area contributed by atoms with Gasteiger partial charge in [-0.15, -0.1) is 0 Å². The molecule has 10 nitrogen and oxygen atoms in total. The third-order valence-electron chi connectivity index (χ3n) is 3.56. The maximum Gasteiger partial charge on any atom is 0.414 e. The Balaban J connectivity index is 1.97. The van der Waals surface area contributed by atoms with Gasteiger partial charge in [0.15, 0.2) is 5.11 Å². The molecule has 1 aromatic carbocycles. The molecule has 29 heavy (non-hydrogen) atoms. The topological polar surface area (TPSA) is 135 Å². The molecule has 1 fully saturated rings. The van der Waals surface area contributed by atoms with Crippen LogP contribution in [0.5, 0.6) is 0 Å². The van der Waals surface area contributed by atoms with Crippen LogP contribution in [-0.2, 0) is 9.47 Å². The van der Waals surface area contributed by atoms with Gasteiger partial charge in [-0.2, -0.15) is 0 Å². The third kappa shape index (κ3) is 6.45. The van der Waals surface area contributed by atoms with E-state index in [0.29, 0.717) is 0 Å².